The minimum Gasteiger partial charge on any atom is -0.457 e. The predicted molar refractivity (Wildman–Crippen MR) is 81.4 cm³/mol. The summed E-state index contributed by atoms with van der Waals surface area (Å²) in [7, 11) is 0. The van der Waals surface area contributed by atoms with Gasteiger partial charge >= 0.3 is 5.97 Å². The normalized spacial score (nSPS) is 10.5. The lowest BCUT2D eigenvalue weighted by Crippen LogP contribution is -2.07. The maximum atomic E-state index is 13.1. The lowest BCUT2D eigenvalue weighted by molar-refractivity contribution is 0.0472. The van der Waals surface area contributed by atoms with Gasteiger partial charge in [-0.3, -0.25) is 0 Å². The van der Waals surface area contributed by atoms with Crippen molar-refractivity contribution in [3.05, 3.63) is 62.3 Å². The Bertz CT molecular complexity index is 707. The summed E-state index contributed by atoms with van der Waals surface area (Å²) in [6, 6.07) is 6.55. The molecule has 0 fully saturated rings. The monoisotopic (exact) mass is 347 g/mol. The first kappa shape index (κ1) is 15.9. The molecular formula is C14H9Cl3FNO2. The van der Waals surface area contributed by atoms with Crippen molar-refractivity contribution in [3.63, 3.8) is 0 Å². The zero-order chi connectivity index (χ0) is 15.6. The number of esters is 1. The first-order valence-corrected chi connectivity index (χ1v) is 6.87. The number of anilines is 1. The molecule has 0 spiro atoms. The van der Waals surface area contributed by atoms with Crippen LogP contribution in [0.4, 0.5) is 10.1 Å². The molecule has 0 aliphatic rings. The molecule has 0 unspecified atom stereocenters. The van der Waals surface area contributed by atoms with E-state index in [1.165, 1.54) is 30.3 Å². The molecule has 2 N–H and O–H groups in total. The number of benzene rings is 2. The van der Waals surface area contributed by atoms with Gasteiger partial charge in [0.25, 0.3) is 0 Å². The SMILES string of the molecule is Nc1cc(Cl)c(Cl)c(C(=O)OCc2cc(F)ccc2Cl)c1. The van der Waals surface area contributed by atoms with Gasteiger partial charge < -0.3 is 10.5 Å². The van der Waals surface area contributed by atoms with Crippen LogP contribution in [0.3, 0.4) is 0 Å². The molecule has 0 aliphatic heterocycles. The van der Waals surface area contributed by atoms with E-state index in [-0.39, 0.29) is 27.9 Å². The van der Waals surface area contributed by atoms with E-state index in [0.29, 0.717) is 10.6 Å². The quantitative estimate of drug-likeness (QED) is 0.644. The highest BCUT2D eigenvalue weighted by Crippen LogP contribution is 2.29. The molecule has 2 rings (SSSR count). The van der Waals surface area contributed by atoms with Crippen LogP contribution < -0.4 is 5.73 Å². The Kier molecular flexibility index (Phi) is 4.93. The second-order valence-corrected chi connectivity index (χ2v) is 5.37. The second-order valence-electron chi connectivity index (χ2n) is 4.18. The molecule has 0 aromatic heterocycles. The van der Waals surface area contributed by atoms with Crippen molar-refractivity contribution in [2.75, 3.05) is 5.73 Å². The number of carbonyl (C=O) groups excluding carboxylic acids is 1. The van der Waals surface area contributed by atoms with Crippen molar-refractivity contribution < 1.29 is 13.9 Å². The highest BCUT2D eigenvalue weighted by Gasteiger charge is 2.16. The fraction of sp³-hybridized carbons (Fsp3) is 0.0714. The van der Waals surface area contributed by atoms with E-state index in [2.05, 4.69) is 0 Å². The van der Waals surface area contributed by atoms with Crippen LogP contribution in [0, 0.1) is 5.82 Å². The lowest BCUT2D eigenvalue weighted by Gasteiger charge is -2.09. The van der Waals surface area contributed by atoms with Gasteiger partial charge in [0, 0.05) is 16.3 Å². The van der Waals surface area contributed by atoms with Crippen molar-refractivity contribution in [2.45, 2.75) is 6.61 Å². The summed E-state index contributed by atoms with van der Waals surface area (Å²) in [4.78, 5) is 12.0. The zero-order valence-electron chi connectivity index (χ0n) is 10.5. The first-order chi connectivity index (χ1) is 9.88. The number of hydrogen-bond donors (Lipinski definition) is 1. The van der Waals surface area contributed by atoms with Crippen LogP contribution in [0.2, 0.25) is 15.1 Å². The zero-order valence-corrected chi connectivity index (χ0v) is 12.8. The number of ether oxygens (including phenoxy) is 1. The Morgan fingerprint density at radius 3 is 2.57 bits per heavy atom. The topological polar surface area (TPSA) is 52.3 Å². The van der Waals surface area contributed by atoms with Crippen molar-refractivity contribution in [1.82, 2.24) is 0 Å². The highest BCUT2D eigenvalue weighted by atomic mass is 35.5. The smallest absolute Gasteiger partial charge is 0.340 e. The molecule has 3 nitrogen and oxygen atoms in total. The Hall–Kier alpha value is -1.49. The molecule has 0 bridgehead atoms. The summed E-state index contributed by atoms with van der Waals surface area (Å²) in [5, 5.41) is 0.481. The van der Waals surface area contributed by atoms with E-state index in [1.54, 1.807) is 0 Å². The largest absolute Gasteiger partial charge is 0.457 e. The van der Waals surface area contributed by atoms with E-state index in [4.69, 9.17) is 45.3 Å². The molecular weight excluding hydrogens is 340 g/mol. The minimum atomic E-state index is -0.727. The molecule has 0 amide bonds. The van der Waals surface area contributed by atoms with E-state index in [9.17, 15) is 9.18 Å². The Balaban J connectivity index is 2.17. The Morgan fingerprint density at radius 2 is 1.86 bits per heavy atom. The molecule has 0 saturated carbocycles. The minimum absolute atomic E-state index is 0.0363. The summed E-state index contributed by atoms with van der Waals surface area (Å²) < 4.78 is 18.2. The summed E-state index contributed by atoms with van der Waals surface area (Å²) in [5.74, 6) is -1.20. The summed E-state index contributed by atoms with van der Waals surface area (Å²) in [6.07, 6.45) is 0. The van der Waals surface area contributed by atoms with E-state index >= 15 is 0 Å². The standard InChI is InChI=1S/C14H9Cl3FNO2/c15-11-2-1-8(18)3-7(11)6-21-14(20)10-4-9(19)5-12(16)13(10)17/h1-5H,6,19H2. The fourth-order valence-corrected chi connectivity index (χ4v) is 2.22. The molecule has 110 valence electrons. The van der Waals surface area contributed by atoms with Crippen LogP contribution in [0.1, 0.15) is 15.9 Å². The van der Waals surface area contributed by atoms with E-state index < -0.39 is 11.8 Å². The van der Waals surface area contributed by atoms with Crippen molar-refractivity contribution in [1.29, 1.82) is 0 Å². The first-order valence-electron chi connectivity index (χ1n) is 5.74. The predicted octanol–water partition coefficient (Wildman–Crippen LogP) is 4.73. The Labute approximate surface area is 135 Å². The molecule has 21 heavy (non-hydrogen) atoms. The third kappa shape index (κ3) is 3.79. The fourth-order valence-electron chi connectivity index (χ4n) is 1.63. The second kappa shape index (κ2) is 6.52. The molecule has 0 heterocycles. The van der Waals surface area contributed by atoms with E-state index in [0.717, 1.165) is 0 Å². The molecule has 0 atom stereocenters. The number of carbonyl (C=O) groups is 1. The van der Waals surface area contributed by atoms with Gasteiger partial charge in [-0.2, -0.15) is 0 Å². The van der Waals surface area contributed by atoms with Crippen molar-refractivity contribution >= 4 is 46.5 Å². The van der Waals surface area contributed by atoms with Gasteiger partial charge in [0.05, 0.1) is 15.6 Å². The molecule has 0 aliphatic carbocycles. The maximum Gasteiger partial charge on any atom is 0.340 e. The van der Waals surface area contributed by atoms with Gasteiger partial charge in [0.1, 0.15) is 12.4 Å². The summed E-state index contributed by atoms with van der Waals surface area (Å²) >= 11 is 17.6. The highest BCUT2D eigenvalue weighted by molar-refractivity contribution is 6.44. The molecule has 2 aromatic carbocycles. The molecule has 2 aromatic rings. The van der Waals surface area contributed by atoms with Crippen LogP contribution in [0.25, 0.3) is 0 Å². The van der Waals surface area contributed by atoms with Crippen LogP contribution in [0.15, 0.2) is 30.3 Å². The third-order valence-electron chi connectivity index (χ3n) is 2.64. The number of halogens is 4. The molecule has 7 heteroatoms. The van der Waals surface area contributed by atoms with Crippen molar-refractivity contribution in [2.24, 2.45) is 0 Å². The molecule has 0 saturated heterocycles. The van der Waals surface area contributed by atoms with Crippen LogP contribution in [-0.4, -0.2) is 5.97 Å². The van der Waals surface area contributed by atoms with Gasteiger partial charge in [-0.25, -0.2) is 9.18 Å². The third-order valence-corrected chi connectivity index (χ3v) is 3.81. The van der Waals surface area contributed by atoms with Gasteiger partial charge in [-0.05, 0) is 30.3 Å². The number of nitrogen functional groups attached to an aromatic ring is 1. The summed E-state index contributed by atoms with van der Waals surface area (Å²) in [5.41, 5.74) is 6.25. The van der Waals surface area contributed by atoms with Gasteiger partial charge in [-0.15, -0.1) is 0 Å². The lowest BCUT2D eigenvalue weighted by atomic mass is 10.2. The number of nitrogens with two attached hydrogens (primary N) is 1. The maximum absolute atomic E-state index is 13.1. The molecule has 0 radical (unpaired) electrons. The van der Waals surface area contributed by atoms with Crippen LogP contribution >= 0.6 is 34.8 Å². The van der Waals surface area contributed by atoms with Crippen LogP contribution in [-0.2, 0) is 11.3 Å². The Morgan fingerprint density at radius 1 is 1.14 bits per heavy atom. The average molecular weight is 349 g/mol. The van der Waals surface area contributed by atoms with Gasteiger partial charge in [-0.1, -0.05) is 34.8 Å². The van der Waals surface area contributed by atoms with Gasteiger partial charge in [0.15, 0.2) is 0 Å². The van der Waals surface area contributed by atoms with Crippen LogP contribution in [0.5, 0.6) is 0 Å². The number of rotatable bonds is 3. The number of hydrogen-bond acceptors (Lipinski definition) is 3. The summed E-state index contributed by atoms with van der Waals surface area (Å²) in [6.45, 7) is -0.196. The van der Waals surface area contributed by atoms with E-state index in [1.807, 2.05) is 0 Å². The van der Waals surface area contributed by atoms with Gasteiger partial charge in [0.2, 0.25) is 0 Å². The average Bonchev–Trinajstić information content (AvgIpc) is 2.43. The van der Waals surface area contributed by atoms with Crippen molar-refractivity contribution in [3.8, 4) is 0 Å².